The minimum absolute atomic E-state index is 0.0369. The van der Waals surface area contributed by atoms with Crippen molar-refractivity contribution in [3.8, 4) is 0 Å². The predicted octanol–water partition coefficient (Wildman–Crippen LogP) is 1.46. The summed E-state index contributed by atoms with van der Waals surface area (Å²) in [6, 6.07) is 7.95. The van der Waals surface area contributed by atoms with Gasteiger partial charge in [0, 0.05) is 31.6 Å². The summed E-state index contributed by atoms with van der Waals surface area (Å²) in [4.78, 5) is 21.6. The highest BCUT2D eigenvalue weighted by Gasteiger charge is 2.17. The van der Waals surface area contributed by atoms with E-state index in [1.807, 2.05) is 6.92 Å². The average molecular weight is 367 g/mol. The number of hydrogen-bond acceptors (Lipinski definition) is 6. The first-order valence-corrected chi connectivity index (χ1v) is 8.93. The Labute approximate surface area is 144 Å². The van der Waals surface area contributed by atoms with Gasteiger partial charge in [-0.25, -0.2) is 13.1 Å². The molecule has 0 bridgehead atoms. The van der Waals surface area contributed by atoms with Crippen LogP contribution in [0.25, 0.3) is 0 Å². The van der Waals surface area contributed by atoms with Crippen molar-refractivity contribution in [2.75, 3.05) is 13.1 Å². The molecule has 1 amide bonds. The molecule has 0 saturated carbocycles. The van der Waals surface area contributed by atoms with Gasteiger partial charge in [-0.15, -0.1) is 0 Å². The molecule has 10 heteroatoms. The third kappa shape index (κ3) is 4.88. The number of nitrogens with one attached hydrogen (secondary N) is 2. The van der Waals surface area contributed by atoms with Crippen molar-refractivity contribution in [2.24, 2.45) is 0 Å². The van der Waals surface area contributed by atoms with Crippen LogP contribution in [0, 0.1) is 10.1 Å². The summed E-state index contributed by atoms with van der Waals surface area (Å²) in [6.45, 7) is 1.86. The Balaban J connectivity index is 1.89. The van der Waals surface area contributed by atoms with E-state index in [1.165, 1.54) is 18.2 Å². The van der Waals surface area contributed by atoms with E-state index < -0.39 is 20.9 Å². The first-order chi connectivity index (χ1) is 11.8. The lowest BCUT2D eigenvalue weighted by atomic mass is 10.3. The third-order valence-electron chi connectivity index (χ3n) is 3.28. The van der Waals surface area contributed by atoms with Gasteiger partial charge < -0.3 is 9.73 Å². The fourth-order valence-electron chi connectivity index (χ4n) is 1.99. The number of non-ortho nitro benzene ring substituents is 1. The number of aryl methyl sites for hydroxylation is 1. The number of furan rings is 1. The van der Waals surface area contributed by atoms with Crippen molar-refractivity contribution >= 4 is 21.6 Å². The molecule has 9 nitrogen and oxygen atoms in total. The molecule has 2 N–H and O–H groups in total. The van der Waals surface area contributed by atoms with Crippen molar-refractivity contribution in [1.82, 2.24) is 10.0 Å². The van der Waals surface area contributed by atoms with Gasteiger partial charge in [0.15, 0.2) is 5.76 Å². The molecule has 134 valence electrons. The van der Waals surface area contributed by atoms with Crippen LogP contribution < -0.4 is 10.0 Å². The zero-order valence-corrected chi connectivity index (χ0v) is 14.2. The van der Waals surface area contributed by atoms with Gasteiger partial charge in [0.25, 0.3) is 11.6 Å². The van der Waals surface area contributed by atoms with Crippen molar-refractivity contribution in [1.29, 1.82) is 0 Å². The Morgan fingerprint density at radius 2 is 2.00 bits per heavy atom. The Hall–Kier alpha value is -2.72. The van der Waals surface area contributed by atoms with Crippen molar-refractivity contribution < 1.29 is 22.6 Å². The first-order valence-electron chi connectivity index (χ1n) is 7.44. The SMILES string of the molecule is CCc1ccc(C(=O)NCCNS(=O)(=O)c2cccc([N+](=O)[O-])c2)o1. The van der Waals surface area contributed by atoms with Crippen LogP contribution in [0.5, 0.6) is 0 Å². The maximum absolute atomic E-state index is 12.1. The van der Waals surface area contributed by atoms with Gasteiger partial charge in [-0.2, -0.15) is 0 Å². The number of hydrogen-bond donors (Lipinski definition) is 2. The Kier molecular flexibility index (Phi) is 5.88. The minimum atomic E-state index is -3.91. The van der Waals surface area contributed by atoms with Gasteiger partial charge in [-0.1, -0.05) is 13.0 Å². The summed E-state index contributed by atoms with van der Waals surface area (Å²) in [5.41, 5.74) is -0.319. The van der Waals surface area contributed by atoms with Gasteiger partial charge in [-0.05, 0) is 18.2 Å². The fraction of sp³-hybridized carbons (Fsp3) is 0.267. The number of sulfonamides is 1. The van der Waals surface area contributed by atoms with E-state index >= 15 is 0 Å². The van der Waals surface area contributed by atoms with E-state index in [9.17, 15) is 23.3 Å². The number of carbonyl (C=O) groups is 1. The molecule has 1 aromatic heterocycles. The normalized spacial score (nSPS) is 11.2. The van der Waals surface area contributed by atoms with Crippen molar-refractivity contribution in [3.05, 3.63) is 58.0 Å². The standard InChI is InChI=1S/C15H17N3O6S/c1-2-12-6-7-14(24-12)15(19)16-8-9-17-25(22,23)13-5-3-4-11(10-13)18(20)21/h3-7,10,17H,2,8-9H2,1H3,(H,16,19). The second-order valence-electron chi connectivity index (χ2n) is 5.03. The smallest absolute Gasteiger partial charge is 0.287 e. The summed E-state index contributed by atoms with van der Waals surface area (Å²) in [6.07, 6.45) is 0.663. The molecule has 0 radical (unpaired) electrons. The van der Waals surface area contributed by atoms with Crippen molar-refractivity contribution in [2.45, 2.75) is 18.2 Å². The maximum Gasteiger partial charge on any atom is 0.287 e. The Morgan fingerprint density at radius 1 is 1.24 bits per heavy atom. The number of nitrogens with zero attached hydrogens (tertiary/aromatic N) is 1. The maximum atomic E-state index is 12.1. The van der Waals surface area contributed by atoms with E-state index in [1.54, 1.807) is 12.1 Å². The molecule has 0 aliphatic rings. The summed E-state index contributed by atoms with van der Waals surface area (Å²) in [7, 11) is -3.91. The summed E-state index contributed by atoms with van der Waals surface area (Å²) in [5, 5.41) is 13.2. The van der Waals surface area contributed by atoms with Gasteiger partial charge in [0.2, 0.25) is 10.0 Å². The van der Waals surface area contributed by atoms with E-state index in [4.69, 9.17) is 4.42 Å². The quantitative estimate of drug-likeness (QED) is 0.412. The van der Waals surface area contributed by atoms with Crippen LogP contribution in [0.15, 0.2) is 45.7 Å². The molecule has 0 saturated heterocycles. The van der Waals surface area contributed by atoms with Crippen LogP contribution >= 0.6 is 0 Å². The van der Waals surface area contributed by atoms with E-state index in [2.05, 4.69) is 10.0 Å². The third-order valence-corrected chi connectivity index (χ3v) is 4.73. The zero-order chi connectivity index (χ0) is 18.4. The van der Waals surface area contributed by atoms with E-state index in [0.717, 1.165) is 6.07 Å². The monoisotopic (exact) mass is 367 g/mol. The topological polar surface area (TPSA) is 132 Å². The molecule has 0 spiro atoms. The summed E-state index contributed by atoms with van der Waals surface area (Å²) >= 11 is 0. The number of carbonyl (C=O) groups excluding carboxylic acids is 1. The van der Waals surface area contributed by atoms with Crippen LogP contribution in [-0.4, -0.2) is 32.3 Å². The van der Waals surface area contributed by atoms with E-state index in [0.29, 0.717) is 12.2 Å². The molecule has 2 aromatic rings. The van der Waals surface area contributed by atoms with Crippen LogP contribution in [0.3, 0.4) is 0 Å². The van der Waals surface area contributed by atoms with Gasteiger partial charge in [0.1, 0.15) is 5.76 Å². The molecule has 25 heavy (non-hydrogen) atoms. The highest BCUT2D eigenvalue weighted by Crippen LogP contribution is 2.16. The second kappa shape index (κ2) is 7.90. The average Bonchev–Trinajstić information content (AvgIpc) is 3.08. The Bertz CT molecular complexity index is 875. The number of benzene rings is 1. The summed E-state index contributed by atoms with van der Waals surface area (Å²) < 4.78 is 31.7. The Morgan fingerprint density at radius 3 is 2.64 bits per heavy atom. The number of nitro groups is 1. The largest absolute Gasteiger partial charge is 0.456 e. The lowest BCUT2D eigenvalue weighted by Crippen LogP contribution is -2.34. The van der Waals surface area contributed by atoms with Crippen molar-refractivity contribution in [3.63, 3.8) is 0 Å². The molecule has 0 aliphatic heterocycles. The van der Waals surface area contributed by atoms with E-state index in [-0.39, 0.29) is 29.4 Å². The van der Waals surface area contributed by atoms with Gasteiger partial charge >= 0.3 is 0 Å². The molecule has 0 unspecified atom stereocenters. The summed E-state index contributed by atoms with van der Waals surface area (Å²) in [5.74, 6) is 0.379. The molecule has 0 fully saturated rings. The van der Waals surface area contributed by atoms with Gasteiger partial charge in [-0.3, -0.25) is 14.9 Å². The van der Waals surface area contributed by atoms with Gasteiger partial charge in [0.05, 0.1) is 9.82 Å². The number of nitro benzene ring substituents is 1. The molecular formula is C15H17N3O6S. The van der Waals surface area contributed by atoms with Crippen LogP contribution in [-0.2, 0) is 16.4 Å². The fourth-order valence-corrected chi connectivity index (χ4v) is 3.06. The van der Waals surface area contributed by atoms with Crippen LogP contribution in [0.2, 0.25) is 0 Å². The highest BCUT2D eigenvalue weighted by atomic mass is 32.2. The highest BCUT2D eigenvalue weighted by molar-refractivity contribution is 7.89. The van der Waals surface area contributed by atoms with Crippen LogP contribution in [0.4, 0.5) is 5.69 Å². The lowest BCUT2D eigenvalue weighted by molar-refractivity contribution is -0.385. The molecule has 0 atom stereocenters. The first kappa shape index (κ1) is 18.6. The predicted molar refractivity (Wildman–Crippen MR) is 88.7 cm³/mol. The zero-order valence-electron chi connectivity index (χ0n) is 13.4. The number of amides is 1. The molecular weight excluding hydrogens is 350 g/mol. The second-order valence-corrected chi connectivity index (χ2v) is 6.79. The molecule has 1 heterocycles. The molecule has 2 rings (SSSR count). The molecule has 1 aromatic carbocycles. The number of rotatable bonds is 8. The lowest BCUT2D eigenvalue weighted by Gasteiger charge is -2.07. The molecule has 0 aliphatic carbocycles. The van der Waals surface area contributed by atoms with Crippen LogP contribution in [0.1, 0.15) is 23.2 Å². The minimum Gasteiger partial charge on any atom is -0.456 e.